The maximum absolute atomic E-state index is 12.6. The molecule has 0 saturated heterocycles. The number of halogens is 1. The molecule has 8 heteroatoms. The number of ether oxygens (including phenoxy) is 4. The summed E-state index contributed by atoms with van der Waals surface area (Å²) in [7, 11) is 2.77. The third-order valence-corrected chi connectivity index (χ3v) is 4.71. The van der Waals surface area contributed by atoms with Crippen LogP contribution in [0.4, 0.5) is 5.69 Å². The molecule has 7 nitrogen and oxygen atoms in total. The van der Waals surface area contributed by atoms with Crippen LogP contribution in [0.5, 0.6) is 17.2 Å². The van der Waals surface area contributed by atoms with E-state index >= 15 is 0 Å². The Morgan fingerprint density at radius 1 is 1.00 bits per heavy atom. The van der Waals surface area contributed by atoms with E-state index in [2.05, 4.69) is 21.2 Å². The fraction of sp³-hybridized carbons (Fsp3) is 0.333. The summed E-state index contributed by atoms with van der Waals surface area (Å²) in [5.41, 5.74) is 1.28. The van der Waals surface area contributed by atoms with Crippen LogP contribution >= 0.6 is 15.9 Å². The summed E-state index contributed by atoms with van der Waals surface area (Å²) < 4.78 is 21.9. The van der Waals surface area contributed by atoms with E-state index in [0.29, 0.717) is 36.1 Å². The zero-order valence-corrected chi connectivity index (χ0v) is 18.4. The Morgan fingerprint density at radius 3 is 2.24 bits per heavy atom. The zero-order valence-electron chi connectivity index (χ0n) is 16.8. The van der Waals surface area contributed by atoms with Gasteiger partial charge >= 0.3 is 5.97 Å². The lowest BCUT2D eigenvalue weighted by atomic mass is 10.1. The molecule has 1 amide bonds. The number of anilines is 1. The maximum atomic E-state index is 12.6. The Morgan fingerprint density at radius 2 is 1.66 bits per heavy atom. The zero-order chi connectivity index (χ0) is 21.4. The Labute approximate surface area is 178 Å². The molecule has 0 spiro atoms. The molecule has 0 fully saturated rings. The van der Waals surface area contributed by atoms with Crippen LogP contribution in [0.3, 0.4) is 0 Å². The number of hydrogen-bond acceptors (Lipinski definition) is 6. The third-order valence-electron chi connectivity index (χ3n) is 3.97. The first kappa shape index (κ1) is 22.5. The summed E-state index contributed by atoms with van der Waals surface area (Å²) in [5, 5.41) is 2.76. The van der Waals surface area contributed by atoms with Gasteiger partial charge in [0.1, 0.15) is 5.75 Å². The summed E-state index contributed by atoms with van der Waals surface area (Å²) in [4.78, 5) is 24.7. The lowest BCUT2D eigenvalue weighted by molar-refractivity contribution is -0.115. The maximum Gasteiger partial charge on any atom is 0.340 e. The molecule has 0 unspecified atom stereocenters. The minimum atomic E-state index is -0.569. The van der Waals surface area contributed by atoms with Crippen LogP contribution in [0.25, 0.3) is 0 Å². The molecule has 0 aromatic heterocycles. The number of hydrogen-bond donors (Lipinski definition) is 1. The molecule has 156 valence electrons. The Bertz CT molecular complexity index is 884. The second kappa shape index (κ2) is 10.7. The number of methoxy groups -OCH3 is 2. The Hall–Kier alpha value is -2.74. The highest BCUT2D eigenvalue weighted by Crippen LogP contribution is 2.34. The fourth-order valence-corrected chi connectivity index (χ4v) is 3.12. The molecule has 0 heterocycles. The summed E-state index contributed by atoms with van der Waals surface area (Å²) in [5.74, 6) is 0.792. The molecule has 0 radical (unpaired) electrons. The van der Waals surface area contributed by atoms with Gasteiger partial charge < -0.3 is 24.3 Å². The van der Waals surface area contributed by atoms with Crippen molar-refractivity contribution in [1.82, 2.24) is 0 Å². The van der Waals surface area contributed by atoms with E-state index in [1.165, 1.54) is 20.3 Å². The van der Waals surface area contributed by atoms with Crippen LogP contribution < -0.4 is 19.5 Å². The van der Waals surface area contributed by atoms with Gasteiger partial charge in [-0.2, -0.15) is 0 Å². The lowest BCUT2D eigenvalue weighted by Gasteiger charge is -2.15. The van der Waals surface area contributed by atoms with Gasteiger partial charge in [0.25, 0.3) is 0 Å². The molecule has 0 aliphatic heterocycles. The summed E-state index contributed by atoms with van der Waals surface area (Å²) in [6, 6.07) is 8.32. The normalized spacial score (nSPS) is 10.2. The van der Waals surface area contributed by atoms with Gasteiger partial charge in [-0.1, -0.05) is 15.9 Å². The minimum Gasteiger partial charge on any atom is -0.497 e. The SMILES string of the molecule is CCOc1cc(Br)c(CC(=O)Nc2ccc(OC)cc2C(=O)OC)cc1OCC. The number of amides is 1. The van der Waals surface area contributed by atoms with Crippen molar-refractivity contribution in [2.75, 3.05) is 32.8 Å². The first-order valence-corrected chi connectivity index (χ1v) is 9.86. The van der Waals surface area contributed by atoms with Gasteiger partial charge in [0.15, 0.2) is 11.5 Å². The highest BCUT2D eigenvalue weighted by molar-refractivity contribution is 9.10. The Balaban J connectivity index is 2.25. The van der Waals surface area contributed by atoms with Crippen molar-refractivity contribution in [2.45, 2.75) is 20.3 Å². The topological polar surface area (TPSA) is 83.1 Å². The van der Waals surface area contributed by atoms with Crippen molar-refractivity contribution >= 4 is 33.5 Å². The largest absolute Gasteiger partial charge is 0.497 e. The van der Waals surface area contributed by atoms with Gasteiger partial charge in [0.2, 0.25) is 5.91 Å². The van der Waals surface area contributed by atoms with E-state index in [-0.39, 0.29) is 17.9 Å². The van der Waals surface area contributed by atoms with Crippen molar-refractivity contribution in [3.8, 4) is 17.2 Å². The molecule has 0 bridgehead atoms. The van der Waals surface area contributed by atoms with E-state index in [1.807, 2.05) is 13.8 Å². The quantitative estimate of drug-likeness (QED) is 0.558. The molecule has 0 saturated carbocycles. The van der Waals surface area contributed by atoms with Crippen LogP contribution in [-0.2, 0) is 16.0 Å². The van der Waals surface area contributed by atoms with Gasteiger partial charge in [0.05, 0.1) is 45.1 Å². The predicted octanol–water partition coefficient (Wildman–Crippen LogP) is 4.22. The molecule has 1 N–H and O–H groups in total. The van der Waals surface area contributed by atoms with Gasteiger partial charge in [0, 0.05) is 4.47 Å². The van der Waals surface area contributed by atoms with Gasteiger partial charge in [-0.05, 0) is 49.7 Å². The first-order valence-electron chi connectivity index (χ1n) is 9.07. The van der Waals surface area contributed by atoms with E-state index in [0.717, 1.165) is 10.0 Å². The summed E-state index contributed by atoms with van der Waals surface area (Å²) in [6.07, 6.45) is 0.0692. The van der Waals surface area contributed by atoms with Crippen LogP contribution in [0.2, 0.25) is 0 Å². The molecule has 0 aliphatic carbocycles. The average Bonchev–Trinajstić information content (AvgIpc) is 2.71. The summed E-state index contributed by atoms with van der Waals surface area (Å²) >= 11 is 3.48. The van der Waals surface area contributed by atoms with E-state index < -0.39 is 5.97 Å². The smallest absolute Gasteiger partial charge is 0.340 e. The van der Waals surface area contributed by atoms with Crippen LogP contribution in [0.1, 0.15) is 29.8 Å². The first-order chi connectivity index (χ1) is 13.9. The number of rotatable bonds is 9. The van der Waals surface area contributed by atoms with E-state index in [1.54, 1.807) is 24.3 Å². The van der Waals surface area contributed by atoms with E-state index in [4.69, 9.17) is 18.9 Å². The molecule has 29 heavy (non-hydrogen) atoms. The monoisotopic (exact) mass is 465 g/mol. The standard InChI is InChI=1S/C21H24BrNO6/c1-5-28-18-9-13(16(22)12-19(18)29-6-2)10-20(24)23-17-8-7-14(26-3)11-15(17)21(25)27-4/h7-9,11-12H,5-6,10H2,1-4H3,(H,23,24). The highest BCUT2D eigenvalue weighted by Gasteiger charge is 2.17. The van der Waals surface area contributed by atoms with Crippen molar-refractivity contribution in [2.24, 2.45) is 0 Å². The van der Waals surface area contributed by atoms with Gasteiger partial charge in [-0.15, -0.1) is 0 Å². The molecular formula is C21H24BrNO6. The second-order valence-electron chi connectivity index (χ2n) is 5.88. The van der Waals surface area contributed by atoms with Crippen molar-refractivity contribution < 1.29 is 28.5 Å². The van der Waals surface area contributed by atoms with Gasteiger partial charge in [-0.25, -0.2) is 4.79 Å². The number of nitrogens with one attached hydrogen (secondary N) is 1. The van der Waals surface area contributed by atoms with Crippen molar-refractivity contribution in [3.63, 3.8) is 0 Å². The highest BCUT2D eigenvalue weighted by atomic mass is 79.9. The number of esters is 1. The number of benzene rings is 2. The molecular weight excluding hydrogens is 442 g/mol. The molecule has 2 aromatic carbocycles. The average molecular weight is 466 g/mol. The van der Waals surface area contributed by atoms with Crippen LogP contribution in [-0.4, -0.2) is 39.3 Å². The fourth-order valence-electron chi connectivity index (χ4n) is 2.65. The third kappa shape index (κ3) is 5.87. The second-order valence-corrected chi connectivity index (χ2v) is 6.74. The molecule has 2 aromatic rings. The molecule has 0 atom stereocenters. The Kier molecular flexibility index (Phi) is 8.33. The van der Waals surface area contributed by atoms with Crippen LogP contribution in [0.15, 0.2) is 34.8 Å². The van der Waals surface area contributed by atoms with Crippen LogP contribution in [0, 0.1) is 0 Å². The number of carbonyl (C=O) groups is 2. The summed E-state index contributed by atoms with van der Waals surface area (Å²) in [6.45, 7) is 4.74. The molecule has 0 aliphatic rings. The van der Waals surface area contributed by atoms with E-state index in [9.17, 15) is 9.59 Å². The van der Waals surface area contributed by atoms with Crippen molar-refractivity contribution in [1.29, 1.82) is 0 Å². The number of carbonyl (C=O) groups excluding carboxylic acids is 2. The lowest BCUT2D eigenvalue weighted by Crippen LogP contribution is -2.17. The van der Waals surface area contributed by atoms with Crippen molar-refractivity contribution in [3.05, 3.63) is 45.9 Å². The predicted molar refractivity (Wildman–Crippen MR) is 113 cm³/mol. The minimum absolute atomic E-state index is 0.0692. The molecule has 2 rings (SSSR count). The van der Waals surface area contributed by atoms with Gasteiger partial charge in [-0.3, -0.25) is 4.79 Å².